The van der Waals surface area contributed by atoms with Crippen molar-refractivity contribution in [1.29, 1.82) is 0 Å². The van der Waals surface area contributed by atoms with E-state index >= 15 is 0 Å². The number of halogens is 1. The van der Waals surface area contributed by atoms with Crippen molar-refractivity contribution in [3.05, 3.63) is 47.5 Å². The third-order valence-corrected chi connectivity index (χ3v) is 7.67. The zero-order valence-corrected chi connectivity index (χ0v) is 21.0. The van der Waals surface area contributed by atoms with Gasteiger partial charge in [-0.15, -0.1) is 0 Å². The molecule has 0 heterocycles. The van der Waals surface area contributed by atoms with Crippen molar-refractivity contribution in [2.45, 2.75) is 4.90 Å². The van der Waals surface area contributed by atoms with Gasteiger partial charge < -0.3 is 14.8 Å². The van der Waals surface area contributed by atoms with Gasteiger partial charge in [0.15, 0.2) is 0 Å². The zero-order chi connectivity index (χ0) is 24.8. The molecule has 0 atom stereocenters. The molecule has 0 aliphatic carbocycles. The molecule has 182 valence electrons. The number of carbonyl (C=O) groups excluding carboxylic acids is 1. The summed E-state index contributed by atoms with van der Waals surface area (Å²) in [6.07, 6.45) is 0.988. The van der Waals surface area contributed by atoms with Gasteiger partial charge in [-0.2, -0.15) is 0 Å². The molecule has 0 aliphatic heterocycles. The van der Waals surface area contributed by atoms with Gasteiger partial charge in [-0.05, 0) is 42.5 Å². The number of hydrogen-bond donors (Lipinski definition) is 1. The highest BCUT2D eigenvalue weighted by atomic mass is 35.5. The summed E-state index contributed by atoms with van der Waals surface area (Å²) in [6.45, 7) is -0.241. The van der Waals surface area contributed by atoms with E-state index in [9.17, 15) is 21.6 Å². The van der Waals surface area contributed by atoms with Gasteiger partial charge in [0.25, 0.3) is 0 Å². The molecule has 10 nitrogen and oxygen atoms in total. The Balaban J connectivity index is 1.92. The number of rotatable bonds is 11. The van der Waals surface area contributed by atoms with E-state index in [4.69, 9.17) is 21.1 Å². The Hall–Kier alpha value is -2.54. The van der Waals surface area contributed by atoms with E-state index < -0.39 is 32.5 Å². The van der Waals surface area contributed by atoms with Crippen LogP contribution in [0.4, 0.5) is 5.69 Å². The smallest absolute Gasteiger partial charge is 0.242 e. The molecule has 0 aromatic heterocycles. The number of ether oxygens (including phenoxy) is 2. The lowest BCUT2D eigenvalue weighted by Gasteiger charge is -2.22. The maximum absolute atomic E-state index is 12.3. The Morgan fingerprint density at radius 2 is 1.70 bits per heavy atom. The van der Waals surface area contributed by atoms with Crippen LogP contribution in [-0.4, -0.2) is 74.2 Å². The third kappa shape index (κ3) is 7.22. The quantitative estimate of drug-likeness (QED) is 0.447. The average molecular weight is 520 g/mol. The summed E-state index contributed by atoms with van der Waals surface area (Å²) in [7, 11) is -2.97. The number of nitrogens with zero attached hydrogens (tertiary/aromatic N) is 2. The van der Waals surface area contributed by atoms with Gasteiger partial charge >= 0.3 is 0 Å². The van der Waals surface area contributed by atoms with Crippen molar-refractivity contribution in [3.8, 4) is 11.5 Å². The minimum Gasteiger partial charge on any atom is -0.495 e. The summed E-state index contributed by atoms with van der Waals surface area (Å²) in [6, 6.07) is 10.3. The summed E-state index contributed by atoms with van der Waals surface area (Å²) in [4.78, 5) is 12.4. The predicted octanol–water partition coefficient (Wildman–Crippen LogP) is 1.56. The molecule has 1 N–H and O–H groups in total. The largest absolute Gasteiger partial charge is 0.495 e. The molecule has 13 heteroatoms. The molecule has 1 amide bonds. The van der Waals surface area contributed by atoms with E-state index in [0.717, 1.165) is 14.9 Å². The van der Waals surface area contributed by atoms with Gasteiger partial charge in [0.2, 0.25) is 26.0 Å². The van der Waals surface area contributed by atoms with Crippen LogP contribution in [-0.2, 0) is 24.8 Å². The highest BCUT2D eigenvalue weighted by Crippen LogP contribution is 2.30. The molecule has 33 heavy (non-hydrogen) atoms. The van der Waals surface area contributed by atoms with Gasteiger partial charge in [-0.25, -0.2) is 21.1 Å². The fourth-order valence-electron chi connectivity index (χ4n) is 2.67. The zero-order valence-electron chi connectivity index (χ0n) is 18.6. The number of anilines is 1. The van der Waals surface area contributed by atoms with E-state index in [0.29, 0.717) is 11.5 Å². The second kappa shape index (κ2) is 11.1. The Kier molecular flexibility index (Phi) is 8.95. The number of sulfonamides is 2. The first-order valence-electron chi connectivity index (χ1n) is 9.59. The predicted molar refractivity (Wildman–Crippen MR) is 126 cm³/mol. The van der Waals surface area contributed by atoms with Crippen molar-refractivity contribution in [3.63, 3.8) is 0 Å². The summed E-state index contributed by atoms with van der Waals surface area (Å²) in [5.41, 5.74) is 0.225. The Bertz CT molecular complexity index is 1180. The van der Waals surface area contributed by atoms with Crippen LogP contribution in [0, 0.1) is 0 Å². The molecule has 0 radical (unpaired) electrons. The Labute approximate surface area is 199 Å². The monoisotopic (exact) mass is 519 g/mol. The molecule has 2 rings (SSSR count). The second-order valence-corrected chi connectivity index (χ2v) is 11.5. The molecule has 0 fully saturated rings. The first-order valence-corrected chi connectivity index (χ1v) is 13.3. The van der Waals surface area contributed by atoms with Gasteiger partial charge in [0.1, 0.15) is 24.7 Å². The van der Waals surface area contributed by atoms with E-state index in [1.165, 1.54) is 63.7 Å². The van der Waals surface area contributed by atoms with Crippen molar-refractivity contribution < 1.29 is 31.1 Å². The minimum atomic E-state index is -3.76. The van der Waals surface area contributed by atoms with Crippen molar-refractivity contribution in [2.24, 2.45) is 0 Å². The van der Waals surface area contributed by atoms with Crippen LogP contribution in [0.1, 0.15) is 0 Å². The van der Waals surface area contributed by atoms with Crippen LogP contribution < -0.4 is 19.1 Å². The van der Waals surface area contributed by atoms with E-state index in [-0.39, 0.29) is 28.8 Å². The van der Waals surface area contributed by atoms with E-state index in [2.05, 4.69) is 5.32 Å². The fourth-order valence-corrected chi connectivity index (χ4v) is 4.68. The Morgan fingerprint density at radius 3 is 2.21 bits per heavy atom. The molecule has 0 spiro atoms. The molecular formula is C20H26ClN3O7S2. The van der Waals surface area contributed by atoms with E-state index in [1.807, 2.05) is 0 Å². The first kappa shape index (κ1) is 26.7. The van der Waals surface area contributed by atoms with Crippen LogP contribution in [0.3, 0.4) is 0 Å². The van der Waals surface area contributed by atoms with Gasteiger partial charge in [0.05, 0.1) is 35.5 Å². The van der Waals surface area contributed by atoms with Crippen LogP contribution in [0.25, 0.3) is 0 Å². The highest BCUT2D eigenvalue weighted by molar-refractivity contribution is 7.92. The molecule has 0 aliphatic rings. The molecule has 0 saturated heterocycles. The normalized spacial score (nSPS) is 11.8. The second-order valence-electron chi connectivity index (χ2n) is 7.05. The van der Waals surface area contributed by atoms with Crippen molar-refractivity contribution >= 4 is 43.2 Å². The maximum atomic E-state index is 12.3. The van der Waals surface area contributed by atoms with Crippen LogP contribution >= 0.6 is 11.6 Å². The van der Waals surface area contributed by atoms with Crippen molar-refractivity contribution in [1.82, 2.24) is 9.62 Å². The van der Waals surface area contributed by atoms with E-state index in [1.54, 1.807) is 0 Å². The van der Waals surface area contributed by atoms with Crippen LogP contribution in [0.2, 0.25) is 5.02 Å². The number of benzene rings is 2. The summed E-state index contributed by atoms with van der Waals surface area (Å²) in [5.74, 6) is 0.263. The molecule has 2 aromatic carbocycles. The standard InChI is InChI=1S/C20H26ClN3O7S2/c1-23(2)33(28,29)17-8-6-16(7-9-17)31-12-11-22-20(25)14-24(32(4,26)27)15-5-10-19(30-3)18(21)13-15/h5-10,13H,11-12,14H2,1-4H3,(H,22,25). The van der Waals surface area contributed by atoms with Gasteiger partial charge in [-0.3, -0.25) is 9.10 Å². The maximum Gasteiger partial charge on any atom is 0.242 e. The summed E-state index contributed by atoms with van der Waals surface area (Å²) >= 11 is 6.07. The molecule has 2 aromatic rings. The molecule has 0 saturated carbocycles. The number of amides is 1. The number of methoxy groups -OCH3 is 1. The molecule has 0 bridgehead atoms. The average Bonchev–Trinajstić information content (AvgIpc) is 2.74. The molecular weight excluding hydrogens is 494 g/mol. The lowest BCUT2D eigenvalue weighted by Crippen LogP contribution is -2.41. The number of hydrogen-bond acceptors (Lipinski definition) is 7. The fraction of sp³-hybridized carbons (Fsp3) is 0.350. The minimum absolute atomic E-state index is 0.0960. The SMILES string of the molecule is COc1ccc(N(CC(=O)NCCOc2ccc(S(=O)(=O)N(C)C)cc2)S(C)(=O)=O)cc1Cl. The highest BCUT2D eigenvalue weighted by Gasteiger charge is 2.22. The third-order valence-electron chi connectivity index (χ3n) is 4.41. The summed E-state index contributed by atoms with van der Waals surface area (Å²) < 4.78 is 61.1. The lowest BCUT2D eigenvalue weighted by atomic mass is 10.3. The molecule has 0 unspecified atom stereocenters. The van der Waals surface area contributed by atoms with Crippen molar-refractivity contribution in [2.75, 3.05) is 51.5 Å². The number of nitrogens with one attached hydrogen (secondary N) is 1. The topological polar surface area (TPSA) is 122 Å². The lowest BCUT2D eigenvalue weighted by molar-refractivity contribution is -0.119. The van der Waals surface area contributed by atoms with Gasteiger partial charge in [-0.1, -0.05) is 11.6 Å². The number of carbonyl (C=O) groups is 1. The summed E-state index contributed by atoms with van der Waals surface area (Å²) in [5, 5.41) is 2.79. The van der Waals surface area contributed by atoms with Crippen LogP contribution in [0.15, 0.2) is 47.4 Å². The van der Waals surface area contributed by atoms with Crippen LogP contribution in [0.5, 0.6) is 11.5 Å². The first-order chi connectivity index (χ1) is 15.4. The Morgan fingerprint density at radius 1 is 1.06 bits per heavy atom. The van der Waals surface area contributed by atoms with Gasteiger partial charge in [0, 0.05) is 14.1 Å².